The summed E-state index contributed by atoms with van der Waals surface area (Å²) in [7, 11) is 1.73. The highest BCUT2D eigenvalue weighted by molar-refractivity contribution is 5.81. The van der Waals surface area contributed by atoms with Crippen LogP contribution in [-0.4, -0.2) is 29.4 Å². The van der Waals surface area contributed by atoms with Crippen LogP contribution < -0.4 is 0 Å². The molecule has 1 atom stereocenters. The third-order valence-electron chi connectivity index (χ3n) is 2.88. The van der Waals surface area contributed by atoms with Crippen LogP contribution in [0.5, 0.6) is 0 Å². The van der Waals surface area contributed by atoms with E-state index in [1.165, 1.54) is 0 Å². The summed E-state index contributed by atoms with van der Waals surface area (Å²) in [5.74, 6) is -0.623. The molecule has 4 nitrogen and oxygen atoms in total. The van der Waals surface area contributed by atoms with Gasteiger partial charge in [-0.15, -0.1) is 0 Å². The predicted octanol–water partition coefficient (Wildman–Crippen LogP) is 1.88. The largest absolute Gasteiger partial charge is 0.344 e. The molecule has 1 heterocycles. The summed E-state index contributed by atoms with van der Waals surface area (Å²) in [6, 6.07) is 7.80. The van der Waals surface area contributed by atoms with Gasteiger partial charge in [0.05, 0.1) is 6.07 Å². The van der Waals surface area contributed by atoms with Gasteiger partial charge >= 0.3 is 0 Å². The van der Waals surface area contributed by atoms with E-state index in [2.05, 4.69) is 11.1 Å². The molecule has 0 aliphatic rings. The maximum Gasteiger partial charge on any atom is 0.239 e. The molecular formula is C14H19N3O. The molecule has 1 aromatic heterocycles. The lowest BCUT2D eigenvalue weighted by Crippen LogP contribution is -2.36. The number of likely N-dealkylation sites (N-methyl/N-ethyl adjacent to an activating group) is 1. The van der Waals surface area contributed by atoms with Crippen LogP contribution in [-0.2, 0) is 11.2 Å². The maximum absolute atomic E-state index is 12.0. The van der Waals surface area contributed by atoms with Crippen molar-refractivity contribution < 1.29 is 4.79 Å². The fraction of sp³-hybridized carbons (Fsp3) is 0.500. The van der Waals surface area contributed by atoms with Gasteiger partial charge in [-0.1, -0.05) is 19.9 Å². The van der Waals surface area contributed by atoms with Crippen molar-refractivity contribution in [3.8, 4) is 6.07 Å². The summed E-state index contributed by atoms with van der Waals surface area (Å²) >= 11 is 0. The van der Waals surface area contributed by atoms with Crippen molar-refractivity contribution in [2.75, 3.05) is 13.6 Å². The van der Waals surface area contributed by atoms with Crippen molar-refractivity contribution in [1.29, 1.82) is 5.26 Å². The third kappa shape index (κ3) is 3.85. The number of rotatable bonds is 5. The smallest absolute Gasteiger partial charge is 0.239 e. The highest BCUT2D eigenvalue weighted by Crippen LogP contribution is 2.12. The normalized spacial score (nSPS) is 11.9. The molecule has 0 aromatic carbocycles. The lowest BCUT2D eigenvalue weighted by molar-refractivity contribution is -0.133. The first-order valence-electron chi connectivity index (χ1n) is 6.10. The number of amides is 1. The summed E-state index contributed by atoms with van der Waals surface area (Å²) in [4.78, 5) is 17.8. The van der Waals surface area contributed by atoms with E-state index in [1.807, 2.05) is 32.0 Å². The minimum atomic E-state index is -0.557. The molecule has 0 fully saturated rings. The Morgan fingerprint density at radius 3 is 2.72 bits per heavy atom. The molecule has 96 valence electrons. The number of nitriles is 1. The molecule has 0 radical (unpaired) electrons. The topological polar surface area (TPSA) is 57.0 Å². The predicted molar refractivity (Wildman–Crippen MR) is 69.5 cm³/mol. The van der Waals surface area contributed by atoms with Crippen molar-refractivity contribution in [1.82, 2.24) is 9.88 Å². The Labute approximate surface area is 108 Å². The molecule has 0 aliphatic carbocycles. The maximum atomic E-state index is 12.0. The number of pyridine rings is 1. The standard InChI is InChI=1S/C14H19N3O/c1-11(2)13(10-15)14(18)17(3)9-7-12-6-4-5-8-16-12/h4-6,8,11,13H,7,9H2,1-3H3. The van der Waals surface area contributed by atoms with Gasteiger partial charge in [0.2, 0.25) is 5.91 Å². The first-order valence-corrected chi connectivity index (χ1v) is 6.10. The highest BCUT2D eigenvalue weighted by Gasteiger charge is 2.24. The van der Waals surface area contributed by atoms with Crippen LogP contribution >= 0.6 is 0 Å². The number of carbonyl (C=O) groups is 1. The highest BCUT2D eigenvalue weighted by atomic mass is 16.2. The molecule has 1 aromatic rings. The monoisotopic (exact) mass is 245 g/mol. The summed E-state index contributed by atoms with van der Waals surface area (Å²) in [5.41, 5.74) is 0.954. The van der Waals surface area contributed by atoms with Crippen molar-refractivity contribution in [2.24, 2.45) is 11.8 Å². The second kappa shape index (κ2) is 6.75. The lowest BCUT2D eigenvalue weighted by atomic mass is 9.96. The molecule has 0 aliphatic heterocycles. The summed E-state index contributed by atoms with van der Waals surface area (Å²) in [6.07, 6.45) is 2.45. The third-order valence-corrected chi connectivity index (χ3v) is 2.88. The van der Waals surface area contributed by atoms with Gasteiger partial charge in [0, 0.05) is 31.9 Å². The molecule has 0 spiro atoms. The van der Waals surface area contributed by atoms with Crippen LogP contribution in [0.2, 0.25) is 0 Å². The molecule has 0 saturated heterocycles. The summed E-state index contributed by atoms with van der Waals surface area (Å²) in [6.45, 7) is 4.36. The van der Waals surface area contributed by atoms with E-state index >= 15 is 0 Å². The quantitative estimate of drug-likeness (QED) is 0.795. The molecule has 1 rings (SSSR count). The van der Waals surface area contributed by atoms with Crippen LogP contribution in [0.15, 0.2) is 24.4 Å². The first-order chi connectivity index (χ1) is 8.56. The second-order valence-corrected chi connectivity index (χ2v) is 4.68. The number of hydrogen-bond donors (Lipinski definition) is 0. The number of aromatic nitrogens is 1. The Kier molecular flexibility index (Phi) is 5.31. The molecule has 1 amide bonds. The average molecular weight is 245 g/mol. The minimum absolute atomic E-state index is 0.0415. The number of nitrogens with zero attached hydrogens (tertiary/aromatic N) is 3. The van der Waals surface area contributed by atoms with E-state index in [9.17, 15) is 4.79 Å². The summed E-state index contributed by atoms with van der Waals surface area (Å²) in [5, 5.41) is 8.99. The van der Waals surface area contributed by atoms with Gasteiger partial charge in [-0.25, -0.2) is 0 Å². The zero-order valence-electron chi connectivity index (χ0n) is 11.1. The Morgan fingerprint density at radius 2 is 2.22 bits per heavy atom. The van der Waals surface area contributed by atoms with Gasteiger partial charge in [-0.3, -0.25) is 9.78 Å². The van der Waals surface area contributed by atoms with Crippen molar-refractivity contribution >= 4 is 5.91 Å². The van der Waals surface area contributed by atoms with Crippen molar-refractivity contribution in [2.45, 2.75) is 20.3 Å². The van der Waals surface area contributed by atoms with E-state index in [1.54, 1.807) is 18.1 Å². The first kappa shape index (κ1) is 14.2. The van der Waals surface area contributed by atoms with Crippen LogP contribution in [0.25, 0.3) is 0 Å². The zero-order valence-corrected chi connectivity index (χ0v) is 11.1. The van der Waals surface area contributed by atoms with E-state index in [4.69, 9.17) is 5.26 Å². The Morgan fingerprint density at radius 1 is 1.50 bits per heavy atom. The molecule has 18 heavy (non-hydrogen) atoms. The van der Waals surface area contributed by atoms with Gasteiger partial charge in [0.25, 0.3) is 0 Å². The Bertz CT molecular complexity index is 422. The number of hydrogen-bond acceptors (Lipinski definition) is 3. The van der Waals surface area contributed by atoms with E-state index in [0.717, 1.165) is 5.69 Å². The van der Waals surface area contributed by atoms with Crippen LogP contribution in [0.4, 0.5) is 0 Å². The van der Waals surface area contributed by atoms with Gasteiger partial charge in [-0.05, 0) is 18.1 Å². The van der Waals surface area contributed by atoms with E-state index in [-0.39, 0.29) is 11.8 Å². The zero-order chi connectivity index (χ0) is 13.5. The molecule has 0 bridgehead atoms. The van der Waals surface area contributed by atoms with Crippen molar-refractivity contribution in [3.05, 3.63) is 30.1 Å². The molecule has 1 unspecified atom stereocenters. The minimum Gasteiger partial charge on any atom is -0.344 e. The van der Waals surface area contributed by atoms with Gasteiger partial charge in [0.1, 0.15) is 5.92 Å². The van der Waals surface area contributed by atoms with Gasteiger partial charge < -0.3 is 4.90 Å². The van der Waals surface area contributed by atoms with Gasteiger partial charge in [0.15, 0.2) is 0 Å². The van der Waals surface area contributed by atoms with E-state index < -0.39 is 5.92 Å². The van der Waals surface area contributed by atoms with E-state index in [0.29, 0.717) is 13.0 Å². The fourth-order valence-electron chi connectivity index (χ4n) is 1.67. The molecule has 0 saturated carbocycles. The van der Waals surface area contributed by atoms with Crippen LogP contribution in [0.1, 0.15) is 19.5 Å². The lowest BCUT2D eigenvalue weighted by Gasteiger charge is -2.21. The van der Waals surface area contributed by atoms with Crippen LogP contribution in [0, 0.1) is 23.2 Å². The Hall–Kier alpha value is -1.89. The van der Waals surface area contributed by atoms with Crippen molar-refractivity contribution in [3.63, 3.8) is 0 Å². The fourth-order valence-corrected chi connectivity index (χ4v) is 1.67. The van der Waals surface area contributed by atoms with Gasteiger partial charge in [-0.2, -0.15) is 5.26 Å². The summed E-state index contributed by atoms with van der Waals surface area (Å²) < 4.78 is 0. The Balaban J connectivity index is 2.53. The average Bonchev–Trinajstić information content (AvgIpc) is 2.37. The SMILES string of the molecule is CC(C)C(C#N)C(=O)N(C)CCc1ccccn1. The number of carbonyl (C=O) groups excluding carboxylic acids is 1. The molecule has 0 N–H and O–H groups in total. The van der Waals surface area contributed by atoms with Crippen LogP contribution in [0.3, 0.4) is 0 Å². The molecule has 4 heteroatoms. The molecular weight excluding hydrogens is 226 g/mol. The second-order valence-electron chi connectivity index (χ2n) is 4.68.